The van der Waals surface area contributed by atoms with Crippen molar-refractivity contribution in [2.45, 2.75) is 17.6 Å². The van der Waals surface area contributed by atoms with Crippen LogP contribution in [0.4, 0.5) is 20.2 Å². The van der Waals surface area contributed by atoms with Crippen molar-refractivity contribution in [3.8, 4) is 0 Å². The minimum Gasteiger partial charge on any atom is -0.365 e. The number of halogens is 2. The summed E-state index contributed by atoms with van der Waals surface area (Å²) < 4.78 is 47.7. The first-order valence-electron chi connectivity index (χ1n) is 5.73. The van der Waals surface area contributed by atoms with Crippen LogP contribution in [0.5, 0.6) is 0 Å². The van der Waals surface area contributed by atoms with Gasteiger partial charge in [0.05, 0.1) is 9.82 Å². The lowest BCUT2D eigenvalue weighted by Gasteiger charge is -2.19. The van der Waals surface area contributed by atoms with Crippen LogP contribution >= 0.6 is 0 Å². The van der Waals surface area contributed by atoms with Gasteiger partial charge in [-0.05, 0) is 19.1 Å². The number of likely N-dealkylation sites (N-methyl/N-ethyl adjacent to an activating group) is 1. The zero-order valence-corrected chi connectivity index (χ0v) is 12.2. The summed E-state index contributed by atoms with van der Waals surface area (Å²) in [6, 6.07) is 2.71. The number of nitrogens with zero attached hydrogens (tertiary/aromatic N) is 2. The summed E-state index contributed by atoms with van der Waals surface area (Å²) in [4.78, 5) is 10.9. The van der Waals surface area contributed by atoms with Crippen LogP contribution in [0, 0.1) is 10.1 Å². The fourth-order valence-corrected chi connectivity index (χ4v) is 2.48. The first-order chi connectivity index (χ1) is 9.57. The van der Waals surface area contributed by atoms with Gasteiger partial charge in [-0.1, -0.05) is 12.2 Å². The van der Waals surface area contributed by atoms with E-state index in [-0.39, 0.29) is 5.69 Å². The number of anilines is 1. The first-order valence-corrected chi connectivity index (χ1v) is 7.28. The van der Waals surface area contributed by atoms with Gasteiger partial charge in [-0.3, -0.25) is 10.1 Å². The summed E-state index contributed by atoms with van der Waals surface area (Å²) in [7, 11) is -3.32. The van der Waals surface area contributed by atoms with Crippen molar-refractivity contribution in [3.05, 3.63) is 40.5 Å². The maximum absolute atomic E-state index is 12.5. The van der Waals surface area contributed by atoms with Crippen molar-refractivity contribution < 1.29 is 22.1 Å². The number of alkyl halides is 2. The standard InChI is InChI=1S/C12H14F2N2O4S/c1-8(2)7-15(3)10-5-4-9(6-11(10)16(17)18)21(19,20)12(13)14/h4-6,12H,1,7H2,2-3H3. The van der Waals surface area contributed by atoms with Crippen LogP contribution in [0.15, 0.2) is 35.2 Å². The van der Waals surface area contributed by atoms with Crippen molar-refractivity contribution in [2.24, 2.45) is 0 Å². The third-order valence-corrected chi connectivity index (χ3v) is 4.01. The van der Waals surface area contributed by atoms with Crippen molar-refractivity contribution in [1.29, 1.82) is 0 Å². The fourth-order valence-electron chi connectivity index (χ4n) is 1.74. The highest BCUT2D eigenvalue weighted by Crippen LogP contribution is 2.32. The molecule has 0 fully saturated rings. The smallest absolute Gasteiger partial charge is 0.341 e. The molecule has 0 spiro atoms. The Bertz CT molecular complexity index is 674. The molecule has 9 heteroatoms. The van der Waals surface area contributed by atoms with E-state index >= 15 is 0 Å². The van der Waals surface area contributed by atoms with Gasteiger partial charge in [0.2, 0.25) is 9.84 Å². The maximum atomic E-state index is 12.5. The molecule has 1 aromatic rings. The summed E-state index contributed by atoms with van der Waals surface area (Å²) in [5.74, 6) is -3.63. The van der Waals surface area contributed by atoms with Crippen LogP contribution in [-0.2, 0) is 9.84 Å². The lowest BCUT2D eigenvalue weighted by Crippen LogP contribution is -2.20. The topological polar surface area (TPSA) is 80.5 Å². The normalized spacial score (nSPS) is 11.5. The van der Waals surface area contributed by atoms with E-state index in [1.54, 1.807) is 14.0 Å². The molecule has 0 unspecified atom stereocenters. The van der Waals surface area contributed by atoms with Crippen molar-refractivity contribution in [3.63, 3.8) is 0 Å². The summed E-state index contributed by atoms with van der Waals surface area (Å²) in [6.45, 7) is 5.70. The molecule has 6 nitrogen and oxygen atoms in total. The highest BCUT2D eigenvalue weighted by atomic mass is 32.2. The average molecular weight is 320 g/mol. The zero-order valence-electron chi connectivity index (χ0n) is 11.4. The van der Waals surface area contributed by atoms with Crippen LogP contribution in [0.2, 0.25) is 0 Å². The molecule has 0 radical (unpaired) electrons. The van der Waals surface area contributed by atoms with E-state index in [9.17, 15) is 27.3 Å². The average Bonchev–Trinajstić information content (AvgIpc) is 2.36. The van der Waals surface area contributed by atoms with E-state index in [0.717, 1.165) is 17.7 Å². The maximum Gasteiger partial charge on any atom is 0.341 e. The Labute approximate surface area is 120 Å². The number of benzene rings is 1. The molecular weight excluding hydrogens is 306 g/mol. The first kappa shape index (κ1) is 17.0. The van der Waals surface area contributed by atoms with Crippen LogP contribution in [0.1, 0.15) is 6.92 Å². The Morgan fingerprint density at radius 1 is 1.48 bits per heavy atom. The fraction of sp³-hybridized carbons (Fsp3) is 0.333. The van der Waals surface area contributed by atoms with E-state index in [4.69, 9.17) is 0 Å². The predicted octanol–water partition coefficient (Wildman–Crippen LogP) is 2.60. The molecule has 0 saturated carbocycles. The molecule has 0 heterocycles. The Kier molecular flexibility index (Phi) is 5.00. The van der Waals surface area contributed by atoms with Gasteiger partial charge in [-0.2, -0.15) is 8.78 Å². The molecule has 0 saturated heterocycles. The van der Waals surface area contributed by atoms with E-state index in [1.807, 2.05) is 0 Å². The summed E-state index contributed by atoms with van der Waals surface area (Å²) >= 11 is 0. The molecule has 0 aromatic heterocycles. The third kappa shape index (κ3) is 3.75. The SMILES string of the molecule is C=C(C)CN(C)c1ccc(S(=O)(=O)C(F)F)cc1[N+](=O)[O-]. The summed E-state index contributed by atoms with van der Waals surface area (Å²) in [5.41, 5.74) is 0.299. The minimum atomic E-state index is -4.87. The van der Waals surface area contributed by atoms with Crippen molar-refractivity contribution in [1.82, 2.24) is 0 Å². The van der Waals surface area contributed by atoms with E-state index < -0.39 is 31.1 Å². The Morgan fingerprint density at radius 3 is 2.48 bits per heavy atom. The molecular formula is C12H14F2N2O4S. The number of hydrogen-bond donors (Lipinski definition) is 0. The Balaban J connectivity index is 3.39. The molecule has 0 atom stereocenters. The molecule has 0 amide bonds. The van der Waals surface area contributed by atoms with Gasteiger partial charge >= 0.3 is 5.76 Å². The second-order valence-corrected chi connectivity index (χ2v) is 6.44. The van der Waals surface area contributed by atoms with Gasteiger partial charge in [-0.15, -0.1) is 0 Å². The van der Waals surface area contributed by atoms with Crippen molar-refractivity contribution in [2.75, 3.05) is 18.5 Å². The largest absolute Gasteiger partial charge is 0.365 e. The number of sulfone groups is 1. The van der Waals surface area contributed by atoms with E-state index in [2.05, 4.69) is 6.58 Å². The molecule has 0 bridgehead atoms. The highest BCUT2D eigenvalue weighted by molar-refractivity contribution is 7.91. The second-order valence-electron chi connectivity index (χ2n) is 4.53. The Hall–Kier alpha value is -2.03. The molecule has 116 valence electrons. The van der Waals surface area contributed by atoms with Crippen LogP contribution in [0.25, 0.3) is 0 Å². The number of nitro groups is 1. The molecule has 0 aliphatic rings. The molecule has 0 aliphatic carbocycles. The van der Waals surface area contributed by atoms with Gasteiger partial charge in [0.15, 0.2) is 0 Å². The van der Waals surface area contributed by atoms with Gasteiger partial charge in [0.1, 0.15) is 5.69 Å². The zero-order chi connectivity index (χ0) is 16.4. The van der Waals surface area contributed by atoms with Gasteiger partial charge < -0.3 is 4.90 Å². The Morgan fingerprint density at radius 2 is 2.05 bits per heavy atom. The van der Waals surface area contributed by atoms with Crippen molar-refractivity contribution >= 4 is 21.2 Å². The molecule has 0 aliphatic heterocycles. The predicted molar refractivity (Wildman–Crippen MR) is 74.4 cm³/mol. The lowest BCUT2D eigenvalue weighted by molar-refractivity contribution is -0.384. The van der Waals surface area contributed by atoms with E-state index in [1.165, 1.54) is 4.90 Å². The van der Waals surface area contributed by atoms with Crippen LogP contribution in [0.3, 0.4) is 0 Å². The van der Waals surface area contributed by atoms with Gasteiger partial charge in [0, 0.05) is 19.7 Å². The number of hydrogen-bond acceptors (Lipinski definition) is 5. The van der Waals surface area contributed by atoms with E-state index in [0.29, 0.717) is 12.6 Å². The lowest BCUT2D eigenvalue weighted by atomic mass is 10.2. The quantitative estimate of drug-likeness (QED) is 0.457. The summed E-state index contributed by atoms with van der Waals surface area (Å²) in [6.07, 6.45) is 0. The highest BCUT2D eigenvalue weighted by Gasteiger charge is 2.29. The molecule has 21 heavy (non-hydrogen) atoms. The molecule has 0 N–H and O–H groups in total. The monoisotopic (exact) mass is 320 g/mol. The van der Waals surface area contributed by atoms with Gasteiger partial charge in [-0.25, -0.2) is 8.42 Å². The molecule has 1 aromatic carbocycles. The summed E-state index contributed by atoms with van der Waals surface area (Å²) in [5, 5.41) is 11.0. The molecule has 1 rings (SSSR count). The van der Waals surface area contributed by atoms with Gasteiger partial charge in [0.25, 0.3) is 5.69 Å². The van der Waals surface area contributed by atoms with Crippen LogP contribution < -0.4 is 4.90 Å². The third-order valence-electron chi connectivity index (χ3n) is 2.63. The number of nitro benzene ring substituents is 1. The van der Waals surface area contributed by atoms with Crippen LogP contribution in [-0.4, -0.2) is 32.7 Å². The minimum absolute atomic E-state index is 0.121. The number of rotatable bonds is 6. The second kappa shape index (κ2) is 6.17.